The van der Waals surface area contributed by atoms with Gasteiger partial charge in [-0.25, -0.2) is 0 Å². The van der Waals surface area contributed by atoms with Crippen molar-refractivity contribution in [3.63, 3.8) is 0 Å². The fourth-order valence-electron chi connectivity index (χ4n) is 2.23. The Labute approximate surface area is 103 Å². The Morgan fingerprint density at radius 2 is 2.35 bits per heavy atom. The molecule has 0 spiro atoms. The van der Waals surface area contributed by atoms with Crippen molar-refractivity contribution in [1.82, 2.24) is 5.32 Å². The van der Waals surface area contributed by atoms with Gasteiger partial charge in [0.05, 0.1) is 18.6 Å². The average molecular weight is 238 g/mol. The van der Waals surface area contributed by atoms with E-state index in [0.717, 1.165) is 12.8 Å². The molecule has 0 saturated heterocycles. The summed E-state index contributed by atoms with van der Waals surface area (Å²) in [5.41, 5.74) is 0. The number of carbonyl (C=O) groups excluding carboxylic acids is 1. The lowest BCUT2D eigenvalue weighted by Gasteiger charge is -2.26. The first-order valence-corrected chi connectivity index (χ1v) is 6.39. The van der Waals surface area contributed by atoms with E-state index < -0.39 is 0 Å². The minimum Gasteiger partial charge on any atom is -0.368 e. The van der Waals surface area contributed by atoms with Gasteiger partial charge < -0.3 is 10.1 Å². The van der Waals surface area contributed by atoms with Gasteiger partial charge in [-0.1, -0.05) is 19.8 Å². The van der Waals surface area contributed by atoms with E-state index in [9.17, 15) is 4.79 Å². The Morgan fingerprint density at radius 3 is 3.00 bits per heavy atom. The zero-order valence-corrected chi connectivity index (χ0v) is 10.7. The molecule has 1 aliphatic rings. The van der Waals surface area contributed by atoms with Crippen molar-refractivity contribution in [2.45, 2.75) is 58.1 Å². The molecule has 3 atom stereocenters. The molecule has 0 unspecified atom stereocenters. The van der Waals surface area contributed by atoms with Crippen LogP contribution in [0.5, 0.6) is 0 Å². The standard InChI is InChI=1S/C13H22N2O2/c1-10-4-3-5-12(8-10)17-9-13(16)15-11(2)6-7-14/h10-12H,3-6,8-9H2,1-2H3,(H,15,16)/t10-,11-,12-/m1/s1. The van der Waals surface area contributed by atoms with Gasteiger partial charge in [-0.15, -0.1) is 0 Å². The zero-order chi connectivity index (χ0) is 12.7. The summed E-state index contributed by atoms with van der Waals surface area (Å²) in [6.45, 7) is 4.17. The largest absolute Gasteiger partial charge is 0.368 e. The fraction of sp³-hybridized carbons (Fsp3) is 0.846. The first-order valence-electron chi connectivity index (χ1n) is 6.39. The Bertz CT molecular complexity index is 286. The Kier molecular flexibility index (Phi) is 5.99. The van der Waals surface area contributed by atoms with Crippen LogP contribution in [-0.2, 0) is 9.53 Å². The summed E-state index contributed by atoms with van der Waals surface area (Å²) in [7, 11) is 0. The number of amides is 1. The van der Waals surface area contributed by atoms with E-state index >= 15 is 0 Å². The van der Waals surface area contributed by atoms with Gasteiger partial charge in [0.25, 0.3) is 0 Å². The molecule has 4 nitrogen and oxygen atoms in total. The van der Waals surface area contributed by atoms with Crippen LogP contribution in [0.3, 0.4) is 0 Å². The first kappa shape index (κ1) is 14.0. The molecule has 0 radical (unpaired) electrons. The molecule has 0 aromatic heterocycles. The van der Waals surface area contributed by atoms with Crippen molar-refractivity contribution in [1.29, 1.82) is 5.26 Å². The summed E-state index contributed by atoms with van der Waals surface area (Å²) < 4.78 is 5.60. The molecule has 1 N–H and O–H groups in total. The fourth-order valence-corrected chi connectivity index (χ4v) is 2.23. The highest BCUT2D eigenvalue weighted by Gasteiger charge is 2.20. The van der Waals surface area contributed by atoms with Gasteiger partial charge in [-0.3, -0.25) is 4.79 Å². The molecule has 1 fully saturated rings. The predicted molar refractivity (Wildman–Crippen MR) is 65.2 cm³/mol. The lowest BCUT2D eigenvalue weighted by Crippen LogP contribution is -2.36. The van der Waals surface area contributed by atoms with Crippen LogP contribution in [-0.4, -0.2) is 24.7 Å². The number of carbonyl (C=O) groups is 1. The SMILES string of the molecule is C[C@@H]1CCC[C@@H](OCC(=O)N[C@H](C)CC#N)C1. The van der Waals surface area contributed by atoms with Gasteiger partial charge in [0.15, 0.2) is 0 Å². The second-order valence-corrected chi connectivity index (χ2v) is 5.04. The third kappa shape index (κ3) is 5.69. The lowest BCUT2D eigenvalue weighted by molar-refractivity contribution is -0.129. The van der Waals surface area contributed by atoms with Crippen LogP contribution >= 0.6 is 0 Å². The molecular formula is C13H22N2O2. The summed E-state index contributed by atoms with van der Waals surface area (Å²) >= 11 is 0. The number of rotatable bonds is 5. The minimum atomic E-state index is -0.119. The van der Waals surface area contributed by atoms with Gasteiger partial charge in [-0.2, -0.15) is 5.26 Å². The maximum atomic E-state index is 11.5. The third-order valence-corrected chi connectivity index (χ3v) is 3.14. The number of nitriles is 1. The van der Waals surface area contributed by atoms with Crippen LogP contribution in [0.1, 0.15) is 46.0 Å². The topological polar surface area (TPSA) is 62.1 Å². The Morgan fingerprint density at radius 1 is 1.59 bits per heavy atom. The number of nitrogens with one attached hydrogen (secondary N) is 1. The van der Waals surface area contributed by atoms with Gasteiger partial charge in [0.1, 0.15) is 6.61 Å². The van der Waals surface area contributed by atoms with Crippen LogP contribution in [0.4, 0.5) is 0 Å². The molecule has 0 bridgehead atoms. The maximum Gasteiger partial charge on any atom is 0.246 e. The maximum absolute atomic E-state index is 11.5. The van der Waals surface area contributed by atoms with Crippen LogP contribution < -0.4 is 5.32 Å². The first-order chi connectivity index (χ1) is 8.11. The highest BCUT2D eigenvalue weighted by molar-refractivity contribution is 5.77. The number of hydrogen-bond acceptors (Lipinski definition) is 3. The lowest BCUT2D eigenvalue weighted by atomic mass is 9.89. The Balaban J connectivity index is 2.17. The van der Waals surface area contributed by atoms with Gasteiger partial charge >= 0.3 is 0 Å². The van der Waals surface area contributed by atoms with Gasteiger partial charge in [0, 0.05) is 6.04 Å². The minimum absolute atomic E-state index is 0.0959. The van der Waals surface area contributed by atoms with Crippen molar-refractivity contribution in [2.24, 2.45) is 5.92 Å². The molecule has 1 aliphatic carbocycles. The molecular weight excluding hydrogens is 216 g/mol. The molecule has 0 heterocycles. The second-order valence-electron chi connectivity index (χ2n) is 5.04. The second kappa shape index (κ2) is 7.29. The van der Waals surface area contributed by atoms with E-state index in [1.54, 1.807) is 0 Å². The van der Waals surface area contributed by atoms with Crippen molar-refractivity contribution < 1.29 is 9.53 Å². The van der Waals surface area contributed by atoms with Gasteiger partial charge in [-0.05, 0) is 25.7 Å². The number of nitrogens with zero attached hydrogens (tertiary/aromatic N) is 1. The van der Waals surface area contributed by atoms with Crippen LogP contribution in [0.25, 0.3) is 0 Å². The van der Waals surface area contributed by atoms with E-state index in [0.29, 0.717) is 12.3 Å². The van der Waals surface area contributed by atoms with E-state index in [1.165, 1.54) is 12.8 Å². The molecule has 1 saturated carbocycles. The quantitative estimate of drug-likeness (QED) is 0.796. The molecule has 0 aromatic rings. The summed E-state index contributed by atoms with van der Waals surface area (Å²) in [5.74, 6) is 0.584. The highest BCUT2D eigenvalue weighted by Crippen LogP contribution is 2.25. The summed E-state index contributed by atoms with van der Waals surface area (Å²) in [6, 6.07) is 1.93. The van der Waals surface area contributed by atoms with Gasteiger partial charge in [0.2, 0.25) is 5.91 Å². The molecule has 0 aliphatic heterocycles. The smallest absolute Gasteiger partial charge is 0.246 e. The molecule has 17 heavy (non-hydrogen) atoms. The monoisotopic (exact) mass is 238 g/mol. The predicted octanol–water partition coefficient (Wildman–Crippen LogP) is 2.00. The summed E-state index contributed by atoms with van der Waals surface area (Å²) in [4.78, 5) is 11.5. The molecule has 1 rings (SSSR count). The Hall–Kier alpha value is -1.08. The third-order valence-electron chi connectivity index (χ3n) is 3.14. The van der Waals surface area contributed by atoms with E-state index in [2.05, 4.69) is 12.2 Å². The van der Waals surface area contributed by atoms with Crippen LogP contribution in [0.15, 0.2) is 0 Å². The van der Waals surface area contributed by atoms with E-state index in [-0.39, 0.29) is 24.7 Å². The van der Waals surface area contributed by atoms with Crippen LogP contribution in [0.2, 0.25) is 0 Å². The van der Waals surface area contributed by atoms with Crippen molar-refractivity contribution >= 4 is 5.91 Å². The normalized spacial score (nSPS) is 25.9. The highest BCUT2D eigenvalue weighted by atomic mass is 16.5. The molecule has 96 valence electrons. The number of ether oxygens (including phenoxy) is 1. The van der Waals surface area contributed by atoms with Crippen molar-refractivity contribution in [3.05, 3.63) is 0 Å². The van der Waals surface area contributed by atoms with E-state index in [4.69, 9.17) is 10.00 Å². The summed E-state index contributed by atoms with van der Waals surface area (Å²) in [6.07, 6.45) is 5.15. The molecule has 0 aromatic carbocycles. The zero-order valence-electron chi connectivity index (χ0n) is 10.7. The van der Waals surface area contributed by atoms with E-state index in [1.807, 2.05) is 13.0 Å². The van der Waals surface area contributed by atoms with Crippen molar-refractivity contribution in [2.75, 3.05) is 6.61 Å². The number of hydrogen-bond donors (Lipinski definition) is 1. The van der Waals surface area contributed by atoms with Crippen molar-refractivity contribution in [3.8, 4) is 6.07 Å². The molecule has 4 heteroatoms. The molecule has 1 amide bonds. The van der Waals surface area contributed by atoms with Crippen LogP contribution in [0, 0.1) is 17.2 Å². The average Bonchev–Trinajstić information content (AvgIpc) is 2.27. The summed E-state index contributed by atoms with van der Waals surface area (Å²) in [5, 5.41) is 11.2.